The number of carbonyl (C=O) groups excluding carboxylic acids is 2. The van der Waals surface area contributed by atoms with Crippen molar-refractivity contribution < 1.29 is 28.5 Å². The molecule has 0 aliphatic rings. The van der Waals surface area contributed by atoms with Gasteiger partial charge in [0.15, 0.2) is 0 Å². The first-order chi connectivity index (χ1) is 14.6. The van der Waals surface area contributed by atoms with Crippen LogP contribution in [0.5, 0.6) is 11.5 Å². The Morgan fingerprint density at radius 3 is 1.37 bits per heavy atom. The number of anilines is 2. The molecule has 2 amide bonds. The van der Waals surface area contributed by atoms with Gasteiger partial charge < -0.3 is 29.6 Å². The number of benzene rings is 2. The number of amides is 2. The summed E-state index contributed by atoms with van der Waals surface area (Å²) in [4.78, 5) is 23.7. The third kappa shape index (κ3) is 8.93. The second-order valence-electron chi connectivity index (χ2n) is 6.12. The molecular formula is C22H28N2O6. The molecule has 2 N–H and O–H groups in total. The molecule has 0 aliphatic heterocycles. The molecular weight excluding hydrogens is 388 g/mol. The van der Waals surface area contributed by atoms with Crippen LogP contribution in [-0.2, 0) is 19.1 Å². The number of hydrogen-bond acceptors (Lipinski definition) is 6. The normalized spacial score (nSPS) is 10.3. The summed E-state index contributed by atoms with van der Waals surface area (Å²) >= 11 is 0. The third-order valence-corrected chi connectivity index (χ3v) is 3.74. The number of ether oxygens (including phenoxy) is 4. The molecule has 2 aromatic carbocycles. The van der Waals surface area contributed by atoms with Gasteiger partial charge in [0.05, 0.1) is 26.4 Å². The maximum atomic E-state index is 11.9. The van der Waals surface area contributed by atoms with Crippen molar-refractivity contribution in [2.24, 2.45) is 0 Å². The second-order valence-corrected chi connectivity index (χ2v) is 6.12. The zero-order chi connectivity index (χ0) is 21.6. The summed E-state index contributed by atoms with van der Waals surface area (Å²) in [6, 6.07) is 14.2. The van der Waals surface area contributed by atoms with Crippen LogP contribution in [0.15, 0.2) is 48.5 Å². The van der Waals surface area contributed by atoms with Crippen LogP contribution in [0.1, 0.15) is 13.8 Å². The SMILES string of the molecule is CCOc1ccc(NC(=O)COCCOCC(=O)Nc2ccc(OCC)cc2)cc1. The van der Waals surface area contributed by atoms with Gasteiger partial charge in [0.1, 0.15) is 24.7 Å². The minimum Gasteiger partial charge on any atom is -0.494 e. The first-order valence-electron chi connectivity index (χ1n) is 9.81. The van der Waals surface area contributed by atoms with Crippen molar-refractivity contribution in [3.05, 3.63) is 48.5 Å². The summed E-state index contributed by atoms with van der Waals surface area (Å²) in [5.41, 5.74) is 1.32. The Balaban J connectivity index is 1.54. The van der Waals surface area contributed by atoms with Gasteiger partial charge in [0, 0.05) is 11.4 Å². The fourth-order valence-electron chi connectivity index (χ4n) is 2.44. The van der Waals surface area contributed by atoms with Crippen molar-refractivity contribution in [1.29, 1.82) is 0 Å². The highest BCUT2D eigenvalue weighted by Crippen LogP contribution is 2.16. The lowest BCUT2D eigenvalue weighted by Gasteiger charge is -2.09. The summed E-state index contributed by atoms with van der Waals surface area (Å²) in [5, 5.41) is 5.45. The lowest BCUT2D eigenvalue weighted by molar-refractivity contribution is -0.124. The molecule has 0 saturated heterocycles. The van der Waals surface area contributed by atoms with E-state index in [0.29, 0.717) is 24.6 Å². The molecule has 0 spiro atoms. The first kappa shape index (κ1) is 23.2. The Kier molecular flexibility index (Phi) is 10.2. The van der Waals surface area contributed by atoms with Crippen molar-refractivity contribution in [1.82, 2.24) is 0 Å². The van der Waals surface area contributed by atoms with Crippen molar-refractivity contribution in [2.45, 2.75) is 13.8 Å². The average Bonchev–Trinajstić information content (AvgIpc) is 2.74. The molecule has 0 bridgehead atoms. The molecule has 30 heavy (non-hydrogen) atoms. The minimum absolute atomic E-state index is 0.102. The Labute approximate surface area is 176 Å². The number of carbonyl (C=O) groups is 2. The van der Waals surface area contributed by atoms with E-state index in [1.54, 1.807) is 48.5 Å². The van der Waals surface area contributed by atoms with Crippen LogP contribution < -0.4 is 20.1 Å². The van der Waals surface area contributed by atoms with Crippen LogP contribution in [0.25, 0.3) is 0 Å². The van der Waals surface area contributed by atoms with Crippen LogP contribution in [0.2, 0.25) is 0 Å². The van der Waals surface area contributed by atoms with Gasteiger partial charge in [-0.1, -0.05) is 0 Å². The highest BCUT2D eigenvalue weighted by molar-refractivity contribution is 5.92. The number of nitrogens with one attached hydrogen (secondary N) is 2. The number of hydrogen-bond donors (Lipinski definition) is 2. The Morgan fingerprint density at radius 2 is 1.03 bits per heavy atom. The molecule has 0 aliphatic carbocycles. The minimum atomic E-state index is -0.271. The second kappa shape index (κ2) is 13.2. The highest BCUT2D eigenvalue weighted by atomic mass is 16.5. The molecule has 8 nitrogen and oxygen atoms in total. The van der Waals surface area contributed by atoms with E-state index in [9.17, 15) is 9.59 Å². The van der Waals surface area contributed by atoms with E-state index in [1.807, 2.05) is 13.8 Å². The van der Waals surface area contributed by atoms with E-state index < -0.39 is 0 Å². The fourth-order valence-corrected chi connectivity index (χ4v) is 2.44. The predicted molar refractivity (Wildman–Crippen MR) is 114 cm³/mol. The van der Waals surface area contributed by atoms with Gasteiger partial charge in [0.25, 0.3) is 0 Å². The van der Waals surface area contributed by atoms with Crippen molar-refractivity contribution in [3.8, 4) is 11.5 Å². The summed E-state index contributed by atoms with van der Waals surface area (Å²) in [5.74, 6) is 0.950. The summed E-state index contributed by atoms with van der Waals surface area (Å²) < 4.78 is 21.2. The molecule has 0 radical (unpaired) electrons. The van der Waals surface area contributed by atoms with Crippen LogP contribution >= 0.6 is 0 Å². The lowest BCUT2D eigenvalue weighted by atomic mass is 10.3. The first-order valence-corrected chi connectivity index (χ1v) is 9.81. The molecule has 162 valence electrons. The topological polar surface area (TPSA) is 95.1 Å². The quantitative estimate of drug-likeness (QED) is 0.487. The van der Waals surface area contributed by atoms with Crippen LogP contribution in [0.3, 0.4) is 0 Å². The van der Waals surface area contributed by atoms with Crippen molar-refractivity contribution in [2.75, 3.05) is 50.3 Å². The average molecular weight is 416 g/mol. The molecule has 0 aromatic heterocycles. The van der Waals surface area contributed by atoms with E-state index in [4.69, 9.17) is 18.9 Å². The molecule has 0 unspecified atom stereocenters. The molecule has 8 heteroatoms. The van der Waals surface area contributed by atoms with Crippen LogP contribution in [0.4, 0.5) is 11.4 Å². The van der Waals surface area contributed by atoms with E-state index in [-0.39, 0.29) is 38.2 Å². The standard InChI is InChI=1S/C22H28N2O6/c1-3-29-19-9-5-17(6-10-19)23-21(25)15-27-13-14-28-16-22(26)24-18-7-11-20(12-8-18)30-4-2/h5-12H,3-4,13-16H2,1-2H3,(H,23,25)(H,24,26). The maximum absolute atomic E-state index is 11.9. The van der Waals surface area contributed by atoms with E-state index in [0.717, 1.165) is 11.5 Å². The molecule has 2 rings (SSSR count). The third-order valence-electron chi connectivity index (χ3n) is 3.74. The molecule has 0 saturated carbocycles. The van der Waals surface area contributed by atoms with Gasteiger partial charge in [-0.05, 0) is 62.4 Å². The van der Waals surface area contributed by atoms with Crippen LogP contribution in [-0.4, -0.2) is 51.5 Å². The zero-order valence-corrected chi connectivity index (χ0v) is 17.3. The Hall–Kier alpha value is -3.10. The highest BCUT2D eigenvalue weighted by Gasteiger charge is 2.05. The smallest absolute Gasteiger partial charge is 0.250 e. The van der Waals surface area contributed by atoms with Crippen LogP contribution in [0, 0.1) is 0 Å². The van der Waals surface area contributed by atoms with Crippen molar-refractivity contribution in [3.63, 3.8) is 0 Å². The van der Waals surface area contributed by atoms with E-state index in [2.05, 4.69) is 10.6 Å². The van der Waals surface area contributed by atoms with Gasteiger partial charge in [0.2, 0.25) is 11.8 Å². The van der Waals surface area contributed by atoms with Gasteiger partial charge in [-0.15, -0.1) is 0 Å². The van der Waals surface area contributed by atoms with Gasteiger partial charge in [-0.25, -0.2) is 0 Å². The van der Waals surface area contributed by atoms with Crippen molar-refractivity contribution >= 4 is 23.2 Å². The predicted octanol–water partition coefficient (Wildman–Crippen LogP) is 3.09. The summed E-state index contributed by atoms with van der Waals surface area (Å²) in [7, 11) is 0. The summed E-state index contributed by atoms with van der Waals surface area (Å²) in [6.45, 7) is 5.19. The molecule has 0 heterocycles. The Bertz CT molecular complexity index is 710. The Morgan fingerprint density at radius 1 is 0.667 bits per heavy atom. The number of rotatable bonds is 13. The van der Waals surface area contributed by atoms with E-state index in [1.165, 1.54) is 0 Å². The van der Waals surface area contributed by atoms with Gasteiger partial charge >= 0.3 is 0 Å². The molecule has 2 aromatic rings. The van der Waals surface area contributed by atoms with Gasteiger partial charge in [-0.2, -0.15) is 0 Å². The zero-order valence-electron chi connectivity index (χ0n) is 17.3. The molecule has 0 fully saturated rings. The van der Waals surface area contributed by atoms with E-state index >= 15 is 0 Å². The summed E-state index contributed by atoms with van der Waals surface area (Å²) in [6.07, 6.45) is 0. The monoisotopic (exact) mass is 416 g/mol. The maximum Gasteiger partial charge on any atom is 0.250 e. The fraction of sp³-hybridized carbons (Fsp3) is 0.364. The molecule has 0 atom stereocenters. The largest absolute Gasteiger partial charge is 0.494 e. The lowest BCUT2D eigenvalue weighted by Crippen LogP contribution is -2.22. The van der Waals surface area contributed by atoms with Gasteiger partial charge in [-0.3, -0.25) is 9.59 Å².